The maximum atomic E-state index is 13.7. The Kier molecular flexibility index (Phi) is 4.30. The lowest BCUT2D eigenvalue weighted by atomic mass is 10.1. The number of alkyl halides is 3. The fourth-order valence-corrected chi connectivity index (χ4v) is 2.45. The molecule has 140 valence electrons. The summed E-state index contributed by atoms with van der Waals surface area (Å²) in [5, 5.41) is 3.04. The molecule has 2 aromatic rings. The molecule has 2 N–H and O–H groups in total. The van der Waals surface area contributed by atoms with Crippen LogP contribution in [0, 0.1) is 5.82 Å². The quantitative estimate of drug-likeness (QED) is 0.627. The van der Waals surface area contributed by atoms with Crippen LogP contribution in [0.5, 0.6) is 0 Å². The molecule has 1 aromatic carbocycles. The van der Waals surface area contributed by atoms with E-state index in [1.54, 1.807) is 5.32 Å². The summed E-state index contributed by atoms with van der Waals surface area (Å²) in [5.74, 6) is -3.72. The van der Waals surface area contributed by atoms with Crippen molar-refractivity contribution in [1.82, 2.24) is 15.6 Å². The summed E-state index contributed by atoms with van der Waals surface area (Å²) in [6.45, 7) is 0. The van der Waals surface area contributed by atoms with E-state index in [2.05, 4.69) is 4.98 Å². The third-order valence-electron chi connectivity index (χ3n) is 3.77. The molecular weight excluding hydrogens is 372 g/mol. The lowest BCUT2D eigenvalue weighted by molar-refractivity contribution is -0.197. The predicted molar refractivity (Wildman–Crippen MR) is 82.9 cm³/mol. The minimum absolute atomic E-state index is 0.180. The number of hydrogen-bond donors (Lipinski definition) is 2. The highest BCUT2D eigenvalue weighted by Crippen LogP contribution is 2.36. The van der Waals surface area contributed by atoms with E-state index in [9.17, 15) is 31.9 Å². The number of carbonyl (C=O) groups is 3. The SMILES string of the molecule is O=C(N[C@]1(C(F)(F)F)NC(=O)N(c2ccc(F)cc2)C1=O)c1ccncc1. The second kappa shape index (κ2) is 6.34. The van der Waals surface area contributed by atoms with Gasteiger partial charge in [-0.3, -0.25) is 19.9 Å². The molecule has 1 aromatic heterocycles. The number of nitrogens with zero attached hydrogens (tertiary/aromatic N) is 2. The minimum atomic E-state index is -5.35. The molecule has 0 spiro atoms. The van der Waals surface area contributed by atoms with Crippen LogP contribution in [0.3, 0.4) is 0 Å². The Hall–Kier alpha value is -3.50. The number of benzene rings is 1. The van der Waals surface area contributed by atoms with Crippen molar-refractivity contribution in [2.24, 2.45) is 0 Å². The maximum Gasteiger partial charge on any atom is 0.440 e. The molecule has 27 heavy (non-hydrogen) atoms. The molecule has 1 saturated heterocycles. The Morgan fingerprint density at radius 3 is 2.22 bits per heavy atom. The highest BCUT2D eigenvalue weighted by atomic mass is 19.4. The molecule has 0 bridgehead atoms. The van der Waals surface area contributed by atoms with Gasteiger partial charge in [-0.2, -0.15) is 13.2 Å². The first kappa shape index (κ1) is 18.3. The lowest BCUT2D eigenvalue weighted by Gasteiger charge is -2.29. The van der Waals surface area contributed by atoms with Gasteiger partial charge in [0.2, 0.25) is 0 Å². The summed E-state index contributed by atoms with van der Waals surface area (Å²) in [5.41, 5.74) is -4.15. The normalized spacial score (nSPS) is 19.8. The number of hydrogen-bond acceptors (Lipinski definition) is 4. The molecule has 1 atom stereocenters. The van der Waals surface area contributed by atoms with Gasteiger partial charge in [0.1, 0.15) is 5.82 Å². The van der Waals surface area contributed by atoms with E-state index in [0.717, 1.165) is 36.4 Å². The summed E-state index contributed by atoms with van der Waals surface area (Å²) >= 11 is 0. The number of nitrogens with one attached hydrogen (secondary N) is 2. The monoisotopic (exact) mass is 382 g/mol. The molecule has 3 rings (SSSR count). The Bertz CT molecular complexity index is 902. The number of carbonyl (C=O) groups excluding carboxylic acids is 3. The molecule has 4 amide bonds. The zero-order valence-corrected chi connectivity index (χ0v) is 13.2. The fourth-order valence-electron chi connectivity index (χ4n) is 2.45. The van der Waals surface area contributed by atoms with Gasteiger partial charge < -0.3 is 5.32 Å². The zero-order valence-electron chi connectivity index (χ0n) is 13.2. The van der Waals surface area contributed by atoms with Gasteiger partial charge in [-0.15, -0.1) is 0 Å². The standard InChI is InChI=1S/C16H10F4N4O3/c17-10-1-3-11(4-2-10)24-13(26)15(16(18,19)20,23-14(24)27)22-12(25)9-5-7-21-8-6-9/h1-8H,(H,22,25)(H,23,27)/t15-/m0/s1. The van der Waals surface area contributed by atoms with Crippen LogP contribution in [0.1, 0.15) is 10.4 Å². The first-order chi connectivity index (χ1) is 12.7. The Morgan fingerprint density at radius 2 is 1.67 bits per heavy atom. The summed E-state index contributed by atoms with van der Waals surface area (Å²) in [7, 11) is 0. The van der Waals surface area contributed by atoms with Crippen LogP contribution in [0.25, 0.3) is 0 Å². The van der Waals surface area contributed by atoms with E-state index in [4.69, 9.17) is 0 Å². The molecule has 1 fully saturated rings. The third-order valence-corrected chi connectivity index (χ3v) is 3.77. The van der Waals surface area contributed by atoms with Crippen molar-refractivity contribution in [3.8, 4) is 0 Å². The number of halogens is 4. The summed E-state index contributed by atoms with van der Waals surface area (Å²) in [6.07, 6.45) is -3.00. The van der Waals surface area contributed by atoms with E-state index in [-0.39, 0.29) is 16.2 Å². The average molecular weight is 382 g/mol. The van der Waals surface area contributed by atoms with E-state index in [1.165, 1.54) is 17.7 Å². The van der Waals surface area contributed by atoms with Gasteiger partial charge >= 0.3 is 12.2 Å². The van der Waals surface area contributed by atoms with Crippen LogP contribution in [0.15, 0.2) is 48.8 Å². The first-order valence-corrected chi connectivity index (χ1v) is 7.37. The Labute approximate surface area is 149 Å². The van der Waals surface area contributed by atoms with Crippen molar-refractivity contribution in [2.75, 3.05) is 4.90 Å². The number of aromatic nitrogens is 1. The molecule has 11 heteroatoms. The number of pyridine rings is 1. The van der Waals surface area contributed by atoms with E-state index < -0.39 is 35.5 Å². The number of amides is 4. The molecule has 0 unspecified atom stereocenters. The molecule has 1 aliphatic rings. The predicted octanol–water partition coefficient (Wildman–Crippen LogP) is 1.97. The maximum absolute atomic E-state index is 13.7. The summed E-state index contributed by atoms with van der Waals surface area (Å²) in [6, 6.07) is 4.53. The van der Waals surface area contributed by atoms with Crippen LogP contribution in [0.4, 0.5) is 28.0 Å². The average Bonchev–Trinajstić information content (AvgIpc) is 2.87. The molecular formula is C16H10F4N4O3. The number of urea groups is 1. The minimum Gasteiger partial charge on any atom is -0.314 e. The largest absolute Gasteiger partial charge is 0.440 e. The van der Waals surface area contributed by atoms with Crippen molar-refractivity contribution in [2.45, 2.75) is 11.8 Å². The highest BCUT2D eigenvalue weighted by molar-refractivity contribution is 6.24. The molecule has 0 saturated carbocycles. The second-order valence-electron chi connectivity index (χ2n) is 5.48. The molecule has 0 radical (unpaired) electrons. The van der Waals surface area contributed by atoms with Crippen molar-refractivity contribution in [3.63, 3.8) is 0 Å². The molecule has 2 heterocycles. The van der Waals surface area contributed by atoms with Crippen molar-refractivity contribution in [1.29, 1.82) is 0 Å². The van der Waals surface area contributed by atoms with Crippen LogP contribution in [-0.4, -0.2) is 34.7 Å². The van der Waals surface area contributed by atoms with Crippen LogP contribution >= 0.6 is 0 Å². The fraction of sp³-hybridized carbons (Fsp3) is 0.125. The van der Waals surface area contributed by atoms with Gasteiger partial charge in [0.05, 0.1) is 5.69 Å². The topological polar surface area (TPSA) is 91.4 Å². The Morgan fingerprint density at radius 1 is 1.07 bits per heavy atom. The van der Waals surface area contributed by atoms with E-state index in [1.807, 2.05) is 0 Å². The van der Waals surface area contributed by atoms with Crippen molar-refractivity contribution in [3.05, 3.63) is 60.2 Å². The van der Waals surface area contributed by atoms with Gasteiger partial charge in [-0.1, -0.05) is 0 Å². The number of rotatable bonds is 3. The smallest absolute Gasteiger partial charge is 0.314 e. The lowest BCUT2D eigenvalue weighted by Crippen LogP contribution is -2.69. The zero-order chi connectivity index (χ0) is 19.8. The van der Waals surface area contributed by atoms with Crippen LogP contribution in [-0.2, 0) is 4.79 Å². The second-order valence-corrected chi connectivity index (χ2v) is 5.48. The van der Waals surface area contributed by atoms with E-state index in [0.29, 0.717) is 0 Å². The van der Waals surface area contributed by atoms with Gasteiger partial charge in [0.25, 0.3) is 17.5 Å². The Balaban J connectivity index is 2.00. The highest BCUT2D eigenvalue weighted by Gasteiger charge is 2.69. The molecule has 7 nitrogen and oxygen atoms in total. The van der Waals surface area contributed by atoms with Crippen LogP contribution < -0.4 is 15.5 Å². The first-order valence-electron chi connectivity index (χ1n) is 7.37. The number of imide groups is 1. The molecule has 0 aliphatic carbocycles. The van der Waals surface area contributed by atoms with Gasteiger partial charge in [0.15, 0.2) is 0 Å². The van der Waals surface area contributed by atoms with E-state index >= 15 is 0 Å². The van der Waals surface area contributed by atoms with Crippen LogP contribution in [0.2, 0.25) is 0 Å². The van der Waals surface area contributed by atoms with Gasteiger partial charge in [-0.05, 0) is 36.4 Å². The van der Waals surface area contributed by atoms with Crippen molar-refractivity contribution >= 4 is 23.5 Å². The third kappa shape index (κ3) is 3.07. The van der Waals surface area contributed by atoms with Gasteiger partial charge in [-0.25, -0.2) is 14.1 Å². The molecule has 1 aliphatic heterocycles. The summed E-state index contributed by atoms with van der Waals surface area (Å²) < 4.78 is 54.2. The van der Waals surface area contributed by atoms with Crippen molar-refractivity contribution < 1.29 is 31.9 Å². The number of anilines is 1. The summed E-state index contributed by atoms with van der Waals surface area (Å²) in [4.78, 5) is 40.6. The van der Waals surface area contributed by atoms with Gasteiger partial charge in [0, 0.05) is 18.0 Å².